The van der Waals surface area contributed by atoms with Crippen LogP contribution in [0.15, 0.2) is 47.5 Å². The Morgan fingerprint density at radius 1 is 0.939 bits per heavy atom. The number of rotatable bonds is 10. The summed E-state index contributed by atoms with van der Waals surface area (Å²) in [5, 5.41) is 2.90. The van der Waals surface area contributed by atoms with Gasteiger partial charge >= 0.3 is 6.18 Å². The maximum atomic E-state index is 13.2. The van der Waals surface area contributed by atoms with Crippen molar-refractivity contribution in [2.75, 3.05) is 7.05 Å². The summed E-state index contributed by atoms with van der Waals surface area (Å²) >= 11 is 0. The predicted molar refractivity (Wildman–Crippen MR) is 189 cm³/mol. The number of aryl methyl sites for hydroxylation is 4. The standard InChI is InChI=1S/C23H34F3N3O.C17H17O.U/c1-13(2)7-8-16(11-14(3)4)22(30)29-21(27-6)17-9-10-19(23(24,25)26)28-20(17)18-12-15(18)5;1-11-5-6-16(9-12(11)2)17-13(3)7-15(10-18)8-14(17)4;/h9-10,13-16,18H,7-8,11-12H2,1-6H3,(H,27,29,30);5-9H,1-4H3;/q;-1;. The third kappa shape index (κ3) is 11.9. The van der Waals surface area contributed by atoms with Crippen LogP contribution in [-0.2, 0) is 15.8 Å². The normalized spacial score (nSPS) is 16.4. The Bertz CT molecular complexity index is 1610. The zero-order chi connectivity index (χ0) is 35.9. The van der Waals surface area contributed by atoms with Gasteiger partial charge in [0.1, 0.15) is 11.5 Å². The van der Waals surface area contributed by atoms with Gasteiger partial charge in [0.05, 0.1) is 12.0 Å². The van der Waals surface area contributed by atoms with Gasteiger partial charge in [0.15, 0.2) is 0 Å². The number of carbonyl (C=O) groups is 1. The van der Waals surface area contributed by atoms with Crippen molar-refractivity contribution in [2.24, 2.45) is 28.7 Å². The Morgan fingerprint density at radius 2 is 1.55 bits per heavy atom. The molecule has 1 heterocycles. The van der Waals surface area contributed by atoms with Gasteiger partial charge in [-0.15, -0.1) is 0 Å². The molecule has 0 spiro atoms. The topological polar surface area (TPSA) is 71.4 Å². The first-order valence-corrected chi connectivity index (χ1v) is 16.9. The third-order valence-electron chi connectivity index (χ3n) is 9.06. The van der Waals surface area contributed by atoms with Crippen LogP contribution in [0, 0.1) is 82.5 Å². The second-order valence-electron chi connectivity index (χ2n) is 14.2. The molecule has 0 radical (unpaired) electrons. The van der Waals surface area contributed by atoms with Crippen molar-refractivity contribution in [1.29, 1.82) is 0 Å². The summed E-state index contributed by atoms with van der Waals surface area (Å²) in [7, 11) is 1.54. The number of nitrogens with zero attached hydrogens (tertiary/aromatic N) is 2. The van der Waals surface area contributed by atoms with Crippen molar-refractivity contribution in [2.45, 2.75) is 100 Å². The van der Waals surface area contributed by atoms with E-state index in [9.17, 15) is 22.8 Å². The number of pyridine rings is 1. The molecule has 1 fully saturated rings. The third-order valence-corrected chi connectivity index (χ3v) is 9.06. The van der Waals surface area contributed by atoms with E-state index in [2.05, 4.69) is 75.0 Å². The molecule has 3 atom stereocenters. The Morgan fingerprint density at radius 3 is 2.02 bits per heavy atom. The van der Waals surface area contributed by atoms with Crippen LogP contribution in [-0.4, -0.2) is 30.1 Å². The Hall–Kier alpha value is -2.76. The van der Waals surface area contributed by atoms with Gasteiger partial charge in [-0.1, -0.05) is 84.2 Å². The zero-order valence-corrected chi connectivity index (χ0v) is 34.8. The van der Waals surface area contributed by atoms with Crippen molar-refractivity contribution in [1.82, 2.24) is 10.3 Å². The SMILES string of the molecule is CN=C(NC(=O)C(CCC(C)C)CC(C)C)c1ccc(C(F)(F)F)nc1C1CC1C.Cc1ccc(-c2c(C)cc([C-]=O)cc2C)cc1C.[U]. The van der Waals surface area contributed by atoms with E-state index in [-0.39, 0.29) is 54.8 Å². The van der Waals surface area contributed by atoms with Crippen molar-refractivity contribution in [3.63, 3.8) is 0 Å². The Balaban J connectivity index is 0.000000374. The number of aliphatic imine (C=N–C) groups is 1. The molecule has 49 heavy (non-hydrogen) atoms. The van der Waals surface area contributed by atoms with Crippen LogP contribution in [0.1, 0.15) is 111 Å². The molecule has 5 nitrogen and oxygen atoms in total. The van der Waals surface area contributed by atoms with Crippen molar-refractivity contribution >= 4 is 18.0 Å². The summed E-state index contributed by atoms with van der Waals surface area (Å²) in [5.41, 5.74) is 7.84. The molecule has 1 aliphatic carbocycles. The molecule has 0 aliphatic heterocycles. The molecule has 0 bridgehead atoms. The van der Waals surface area contributed by atoms with Crippen molar-refractivity contribution in [3.05, 3.63) is 87.2 Å². The fourth-order valence-corrected chi connectivity index (χ4v) is 6.12. The number of amidine groups is 1. The summed E-state index contributed by atoms with van der Waals surface area (Å²) in [6, 6.07) is 12.6. The van der Waals surface area contributed by atoms with Gasteiger partial charge in [0, 0.05) is 55.6 Å². The number of hydrogen-bond acceptors (Lipinski definition) is 4. The summed E-state index contributed by atoms with van der Waals surface area (Å²) in [5.74, 6) is 1.11. The molecular formula is C40H51F3N3O2U-. The summed E-state index contributed by atoms with van der Waals surface area (Å²) in [4.78, 5) is 31.9. The summed E-state index contributed by atoms with van der Waals surface area (Å²) in [6.07, 6.45) is 0.716. The number of nitrogens with one attached hydrogen (secondary N) is 1. The number of alkyl halides is 3. The van der Waals surface area contributed by atoms with Gasteiger partial charge in [0.25, 0.3) is 0 Å². The summed E-state index contributed by atoms with van der Waals surface area (Å²) < 4.78 is 39.6. The molecule has 9 heteroatoms. The first-order chi connectivity index (χ1) is 22.5. The molecule has 3 unspecified atom stereocenters. The Kier molecular flexibility index (Phi) is 16.0. The van der Waals surface area contributed by atoms with Crippen LogP contribution in [0.4, 0.5) is 13.2 Å². The van der Waals surface area contributed by atoms with Crippen LogP contribution < -0.4 is 5.32 Å². The fourth-order valence-electron chi connectivity index (χ4n) is 6.12. The van der Waals surface area contributed by atoms with Gasteiger partial charge in [-0.3, -0.25) is 9.79 Å². The molecule has 264 valence electrons. The minimum absolute atomic E-state index is 0. The molecule has 1 saturated carbocycles. The van der Waals surface area contributed by atoms with E-state index in [1.54, 1.807) is 7.05 Å². The minimum atomic E-state index is -4.50. The number of halogens is 3. The van der Waals surface area contributed by atoms with E-state index in [0.717, 1.165) is 42.9 Å². The van der Waals surface area contributed by atoms with Crippen LogP contribution in [0.3, 0.4) is 0 Å². The van der Waals surface area contributed by atoms with Crippen molar-refractivity contribution < 1.29 is 53.9 Å². The van der Waals surface area contributed by atoms with Crippen LogP contribution in [0.2, 0.25) is 0 Å². The molecule has 1 amide bonds. The number of carbonyl (C=O) groups excluding carboxylic acids is 2. The van der Waals surface area contributed by atoms with E-state index in [0.29, 0.717) is 34.5 Å². The summed E-state index contributed by atoms with van der Waals surface area (Å²) in [6.45, 7) is 18.7. The quantitative estimate of drug-likeness (QED) is 0.125. The number of aromatic nitrogens is 1. The number of amides is 1. The van der Waals surface area contributed by atoms with E-state index < -0.39 is 11.9 Å². The van der Waals surface area contributed by atoms with Gasteiger partial charge in [0.2, 0.25) is 5.91 Å². The fraction of sp³-hybridized carbons (Fsp3) is 0.500. The molecule has 1 aliphatic rings. The molecule has 2 aromatic carbocycles. The van der Waals surface area contributed by atoms with E-state index in [1.165, 1.54) is 28.3 Å². The van der Waals surface area contributed by atoms with Crippen LogP contribution in [0.5, 0.6) is 0 Å². The van der Waals surface area contributed by atoms with Crippen LogP contribution >= 0.6 is 0 Å². The average molecular weight is 901 g/mol. The molecule has 4 rings (SSSR count). The zero-order valence-electron chi connectivity index (χ0n) is 30.6. The smallest absolute Gasteiger partial charge is 0.376 e. The van der Waals surface area contributed by atoms with Crippen LogP contribution in [0.25, 0.3) is 11.1 Å². The van der Waals surface area contributed by atoms with Gasteiger partial charge < -0.3 is 10.1 Å². The van der Waals surface area contributed by atoms with Gasteiger partial charge in [-0.25, -0.2) is 4.98 Å². The average Bonchev–Trinajstić information content (AvgIpc) is 3.74. The maximum Gasteiger partial charge on any atom is 0.433 e. The molecule has 0 saturated heterocycles. The monoisotopic (exact) mass is 900 g/mol. The van der Waals surface area contributed by atoms with Gasteiger partial charge in [-0.05, 0) is 85.3 Å². The largest absolute Gasteiger partial charge is 0.433 e. The Labute approximate surface area is 314 Å². The number of hydrogen-bond donors (Lipinski definition) is 1. The molecular weight excluding hydrogens is 849 g/mol. The van der Waals surface area contributed by atoms with E-state index >= 15 is 0 Å². The predicted octanol–water partition coefficient (Wildman–Crippen LogP) is 9.86. The number of benzene rings is 2. The second kappa shape index (κ2) is 18.5. The first kappa shape index (κ1) is 42.4. The molecule has 1 N–H and O–H groups in total. The van der Waals surface area contributed by atoms with E-state index in [1.807, 2.05) is 39.2 Å². The van der Waals surface area contributed by atoms with Crippen molar-refractivity contribution in [3.8, 4) is 11.1 Å². The van der Waals surface area contributed by atoms with E-state index in [4.69, 9.17) is 0 Å². The maximum absolute atomic E-state index is 13.2. The second-order valence-corrected chi connectivity index (χ2v) is 14.2. The molecule has 3 aromatic rings. The molecule has 1 aromatic heterocycles. The minimum Gasteiger partial charge on any atom is -0.376 e. The van der Waals surface area contributed by atoms with Gasteiger partial charge in [-0.2, -0.15) is 30.9 Å². The first-order valence-electron chi connectivity index (χ1n) is 16.9.